The van der Waals surface area contributed by atoms with Crippen LogP contribution in [0, 0.1) is 0 Å². The number of benzene rings is 3. The van der Waals surface area contributed by atoms with Gasteiger partial charge in [-0.25, -0.2) is 19.1 Å². The van der Waals surface area contributed by atoms with Crippen LogP contribution >= 0.6 is 15.9 Å². The number of rotatable bonds is 9. The Labute approximate surface area is 299 Å². The first-order valence-electron chi connectivity index (χ1n) is 14.4. The molecule has 11 heteroatoms. The summed E-state index contributed by atoms with van der Waals surface area (Å²) in [5.41, 5.74) is 3.95. The molecule has 0 aliphatic heterocycles. The fourth-order valence-electron chi connectivity index (χ4n) is 4.51. The van der Waals surface area contributed by atoms with Crippen molar-refractivity contribution in [2.24, 2.45) is 0 Å². The van der Waals surface area contributed by atoms with E-state index in [4.69, 9.17) is 0 Å². The van der Waals surface area contributed by atoms with E-state index in [1.165, 1.54) is 16.7 Å². The second-order valence-corrected chi connectivity index (χ2v) is 10.8. The monoisotopic (exact) mass is 806 g/mol. The standard InChI is InChI=1S/C21H22N4.C7H7Br.C7H8N4.2BrH/c1-3-7-20(8-4-1)15-22-11-13-24(17-22)19-25-14-12-23(18-25)16-21-9-5-2-6-10-21;8-6-7-4-2-1-3-5-7;1-3-10(5-8-1)7-11-4-2-9-6-11;;/h1-14,17-18H,15-16,19H2;1-5H,6H2;1-6H,7H2;2*1H/q+2;;;;/p-2. The zero-order valence-corrected chi connectivity index (χ0v) is 30.1. The van der Waals surface area contributed by atoms with Crippen LogP contribution in [0.25, 0.3) is 0 Å². The molecule has 0 radical (unpaired) electrons. The minimum Gasteiger partial charge on any atom is -1.00 e. The molecule has 0 saturated carbocycles. The van der Waals surface area contributed by atoms with Crippen molar-refractivity contribution in [2.75, 3.05) is 0 Å². The average Bonchev–Trinajstić information content (AvgIpc) is 3.91. The number of alkyl halides is 1. The summed E-state index contributed by atoms with van der Waals surface area (Å²) in [5.74, 6) is 0. The fraction of sp³-hybridized carbons (Fsp3) is 0.143. The van der Waals surface area contributed by atoms with E-state index in [1.807, 2.05) is 39.7 Å². The van der Waals surface area contributed by atoms with Crippen molar-refractivity contribution in [1.82, 2.24) is 28.2 Å². The third-order valence-electron chi connectivity index (χ3n) is 6.68. The SMILES string of the molecule is BrCc1ccccc1.[Br-].[Br-].c1ccc(Cn2cc[n+](C[n+]3ccn(Cc4ccccc4)c3)c2)cc1.c1cn(Cn2ccnc2)cn1. The van der Waals surface area contributed by atoms with E-state index in [0.717, 1.165) is 31.8 Å². The summed E-state index contributed by atoms with van der Waals surface area (Å²) in [4.78, 5) is 7.86. The lowest BCUT2D eigenvalue weighted by molar-refractivity contribution is -0.912. The molecular weight excluding hydrogens is 772 g/mol. The van der Waals surface area contributed by atoms with E-state index in [2.05, 4.69) is 154 Å². The summed E-state index contributed by atoms with van der Waals surface area (Å²) in [6.45, 7) is 3.38. The highest BCUT2D eigenvalue weighted by atomic mass is 79.9. The van der Waals surface area contributed by atoms with Gasteiger partial charge in [0.25, 0.3) is 0 Å². The molecule has 0 atom stereocenters. The van der Waals surface area contributed by atoms with E-state index in [1.54, 1.807) is 25.0 Å². The Morgan fingerprint density at radius 2 is 0.935 bits per heavy atom. The van der Waals surface area contributed by atoms with E-state index in [-0.39, 0.29) is 34.0 Å². The lowest BCUT2D eigenvalue weighted by Crippen LogP contribution is -3.00. The van der Waals surface area contributed by atoms with Crippen molar-refractivity contribution in [3.8, 4) is 0 Å². The van der Waals surface area contributed by atoms with Crippen LogP contribution in [0.15, 0.2) is 166 Å². The minimum absolute atomic E-state index is 0. The highest BCUT2D eigenvalue weighted by Gasteiger charge is 2.10. The maximum Gasteiger partial charge on any atom is 0.247 e. The molecule has 0 N–H and O–H groups in total. The van der Waals surface area contributed by atoms with Crippen LogP contribution in [0.4, 0.5) is 0 Å². The van der Waals surface area contributed by atoms with Crippen molar-refractivity contribution in [2.45, 2.75) is 31.8 Å². The first-order valence-corrected chi connectivity index (χ1v) is 15.5. The maximum atomic E-state index is 3.93. The third-order valence-corrected chi connectivity index (χ3v) is 7.32. The van der Waals surface area contributed by atoms with Gasteiger partial charge in [0.05, 0.1) is 12.7 Å². The molecule has 0 amide bonds. The summed E-state index contributed by atoms with van der Waals surface area (Å²) in [6.07, 6.45) is 23.7. The van der Waals surface area contributed by atoms with E-state index >= 15 is 0 Å². The summed E-state index contributed by atoms with van der Waals surface area (Å²) in [6, 6.07) is 31.3. The highest BCUT2D eigenvalue weighted by molar-refractivity contribution is 9.08. The van der Waals surface area contributed by atoms with Gasteiger partial charge in [-0.15, -0.1) is 0 Å². The van der Waals surface area contributed by atoms with Crippen LogP contribution < -0.4 is 43.1 Å². The molecule has 0 fully saturated rings. The van der Waals surface area contributed by atoms with Crippen molar-refractivity contribution in [1.29, 1.82) is 0 Å². The molecule has 0 aliphatic rings. The zero-order valence-electron chi connectivity index (χ0n) is 25.3. The van der Waals surface area contributed by atoms with Gasteiger partial charge < -0.3 is 43.1 Å². The molecule has 0 bridgehead atoms. The Morgan fingerprint density at radius 3 is 1.28 bits per heavy atom. The van der Waals surface area contributed by atoms with Crippen LogP contribution in [0.2, 0.25) is 0 Å². The molecule has 0 unspecified atom stereocenters. The average molecular weight is 809 g/mol. The zero-order chi connectivity index (χ0) is 30.2. The van der Waals surface area contributed by atoms with Crippen LogP contribution in [-0.2, 0) is 31.8 Å². The van der Waals surface area contributed by atoms with Gasteiger partial charge in [-0.1, -0.05) is 107 Å². The molecule has 7 rings (SSSR count). The number of aromatic nitrogens is 8. The largest absolute Gasteiger partial charge is 1.00 e. The van der Waals surface area contributed by atoms with Gasteiger partial charge in [-0.3, -0.25) is 0 Å². The molecule has 4 aromatic heterocycles. The van der Waals surface area contributed by atoms with Crippen molar-refractivity contribution in [3.05, 3.63) is 183 Å². The van der Waals surface area contributed by atoms with E-state index in [0.29, 0.717) is 0 Å². The number of hydrogen-bond donors (Lipinski definition) is 0. The Morgan fingerprint density at radius 1 is 0.522 bits per heavy atom. The second kappa shape index (κ2) is 20.1. The van der Waals surface area contributed by atoms with Crippen molar-refractivity contribution in [3.63, 3.8) is 0 Å². The molecule has 7 aromatic rings. The lowest BCUT2D eigenvalue weighted by atomic mass is 10.2. The Kier molecular flexibility index (Phi) is 15.9. The maximum absolute atomic E-state index is 3.93. The molecule has 8 nitrogen and oxygen atoms in total. The van der Waals surface area contributed by atoms with Gasteiger partial charge in [-0.05, 0) is 16.7 Å². The van der Waals surface area contributed by atoms with Gasteiger partial charge in [0.15, 0.2) is 0 Å². The van der Waals surface area contributed by atoms with Crippen LogP contribution in [0.3, 0.4) is 0 Å². The fourth-order valence-corrected chi connectivity index (χ4v) is 4.88. The molecule has 238 valence electrons. The molecule has 0 aliphatic carbocycles. The van der Waals surface area contributed by atoms with Gasteiger partial charge in [0, 0.05) is 30.1 Å². The molecular formula is C35H37Br3N8. The van der Waals surface area contributed by atoms with Crippen LogP contribution in [0.1, 0.15) is 16.7 Å². The lowest BCUT2D eigenvalue weighted by Gasteiger charge is -2.00. The second-order valence-electron chi connectivity index (χ2n) is 10.2. The van der Waals surface area contributed by atoms with E-state index < -0.39 is 0 Å². The minimum atomic E-state index is 0. The van der Waals surface area contributed by atoms with Gasteiger partial charge >= 0.3 is 0 Å². The first-order chi connectivity index (χ1) is 21.7. The topological polar surface area (TPSA) is 53.3 Å². The molecule has 0 saturated heterocycles. The Balaban J connectivity index is 0.000000226. The third kappa shape index (κ3) is 12.4. The normalized spacial score (nSPS) is 9.93. The summed E-state index contributed by atoms with van der Waals surface area (Å²) < 4.78 is 12.7. The molecule has 46 heavy (non-hydrogen) atoms. The van der Waals surface area contributed by atoms with Crippen LogP contribution in [0.5, 0.6) is 0 Å². The molecule has 0 spiro atoms. The van der Waals surface area contributed by atoms with Crippen LogP contribution in [-0.4, -0.2) is 28.2 Å². The predicted octanol–water partition coefficient (Wildman–Crippen LogP) is -0.358. The smallest absolute Gasteiger partial charge is 0.247 e. The van der Waals surface area contributed by atoms with Gasteiger partial charge in [0.2, 0.25) is 19.3 Å². The number of halogens is 3. The molecule has 3 aromatic carbocycles. The Hall–Kier alpha value is -4.06. The van der Waals surface area contributed by atoms with Gasteiger partial charge in [0.1, 0.15) is 44.5 Å². The van der Waals surface area contributed by atoms with E-state index in [9.17, 15) is 0 Å². The van der Waals surface area contributed by atoms with Gasteiger partial charge in [-0.2, -0.15) is 9.13 Å². The number of imidazole rings is 4. The van der Waals surface area contributed by atoms with Crippen molar-refractivity contribution >= 4 is 15.9 Å². The van der Waals surface area contributed by atoms with Crippen molar-refractivity contribution < 1.29 is 43.1 Å². The predicted molar refractivity (Wildman–Crippen MR) is 175 cm³/mol. The Bertz CT molecular complexity index is 1630. The molecule has 4 heterocycles. The number of hydrogen-bond acceptors (Lipinski definition) is 2. The number of nitrogens with zero attached hydrogens (tertiary/aromatic N) is 8. The highest BCUT2D eigenvalue weighted by Crippen LogP contribution is 2.03. The summed E-state index contributed by atoms with van der Waals surface area (Å²) in [7, 11) is 0. The quantitative estimate of drug-likeness (QED) is 0.148. The summed E-state index contributed by atoms with van der Waals surface area (Å²) >= 11 is 3.36. The first kappa shape index (κ1) is 36.4. The summed E-state index contributed by atoms with van der Waals surface area (Å²) in [5, 5.41) is 0.952.